The summed E-state index contributed by atoms with van der Waals surface area (Å²) < 4.78 is 0. The van der Waals surface area contributed by atoms with E-state index in [1.165, 1.54) is 244 Å². The average molecular weight is 927 g/mol. The van der Waals surface area contributed by atoms with Gasteiger partial charge < -0.3 is 20.6 Å². The minimum Gasteiger partial charge on any atom is -0.394 e. The molecule has 0 aliphatic carbocycles. The summed E-state index contributed by atoms with van der Waals surface area (Å²) in [4.78, 5) is 12.5. The van der Waals surface area contributed by atoms with Gasteiger partial charge in [0.2, 0.25) is 5.91 Å². The highest BCUT2D eigenvalue weighted by Crippen LogP contribution is 2.17. The van der Waals surface area contributed by atoms with Crippen molar-refractivity contribution < 1.29 is 20.1 Å². The van der Waals surface area contributed by atoms with Crippen LogP contribution in [0.5, 0.6) is 0 Å². The Morgan fingerprint density at radius 2 is 0.652 bits per heavy atom. The first-order valence-electron chi connectivity index (χ1n) is 29.4. The molecule has 1 amide bonds. The molecule has 0 aromatic heterocycles. The number of amides is 1. The number of allylic oxidation sites excluding steroid dienone is 7. The summed E-state index contributed by atoms with van der Waals surface area (Å²) in [5.74, 6) is -0.327. The van der Waals surface area contributed by atoms with Crippen LogP contribution in [0.4, 0.5) is 0 Å². The molecule has 3 unspecified atom stereocenters. The molecule has 5 nitrogen and oxygen atoms in total. The van der Waals surface area contributed by atoms with Gasteiger partial charge in [0, 0.05) is 0 Å². The lowest BCUT2D eigenvalue weighted by Crippen LogP contribution is -2.45. The van der Waals surface area contributed by atoms with Crippen LogP contribution in [0.15, 0.2) is 48.6 Å². The first-order chi connectivity index (χ1) is 32.5. The quantitative estimate of drug-likeness (QED) is 0.0361. The maximum atomic E-state index is 12.5. The normalized spacial score (nSPS) is 13.6. The van der Waals surface area contributed by atoms with E-state index in [9.17, 15) is 20.1 Å². The van der Waals surface area contributed by atoms with Crippen molar-refractivity contribution in [3.63, 3.8) is 0 Å². The van der Waals surface area contributed by atoms with E-state index in [1.807, 2.05) is 6.08 Å². The minimum absolute atomic E-state index is 0.00214. The average Bonchev–Trinajstić information content (AvgIpc) is 3.31. The SMILES string of the molecule is CCCCCCCCCCCCCC/C=C\CCCCCCCCCCCCCC(O)CC(=O)NC(CO)C(O)/C=C/CC/C=C/CC/C=C/CCCCCCCCCCCCCCCC. The highest BCUT2D eigenvalue weighted by atomic mass is 16.3. The third kappa shape index (κ3) is 51.7. The molecule has 0 spiro atoms. The fourth-order valence-corrected chi connectivity index (χ4v) is 9.08. The minimum atomic E-state index is -0.962. The summed E-state index contributed by atoms with van der Waals surface area (Å²) in [7, 11) is 0. The molecular weight excluding hydrogens is 811 g/mol. The van der Waals surface area contributed by atoms with Crippen molar-refractivity contribution in [1.29, 1.82) is 0 Å². The first-order valence-corrected chi connectivity index (χ1v) is 29.4. The Morgan fingerprint density at radius 3 is 0.970 bits per heavy atom. The van der Waals surface area contributed by atoms with Crippen LogP contribution in [-0.2, 0) is 4.79 Å². The second-order valence-corrected chi connectivity index (χ2v) is 20.2. The van der Waals surface area contributed by atoms with Gasteiger partial charge in [-0.1, -0.05) is 281 Å². The van der Waals surface area contributed by atoms with Crippen molar-refractivity contribution in [3.8, 4) is 0 Å². The van der Waals surface area contributed by atoms with Gasteiger partial charge in [-0.15, -0.1) is 0 Å². The fourth-order valence-electron chi connectivity index (χ4n) is 9.08. The molecule has 0 bridgehead atoms. The van der Waals surface area contributed by atoms with E-state index in [0.29, 0.717) is 6.42 Å². The molecule has 0 aromatic rings. The Morgan fingerprint density at radius 1 is 0.379 bits per heavy atom. The molecule has 0 rings (SSSR count). The summed E-state index contributed by atoms with van der Waals surface area (Å²) in [6.45, 7) is 4.23. The molecule has 0 heterocycles. The Hall–Kier alpha value is -1.69. The molecule has 3 atom stereocenters. The lowest BCUT2D eigenvalue weighted by molar-refractivity contribution is -0.124. The van der Waals surface area contributed by atoms with E-state index < -0.39 is 18.2 Å². The van der Waals surface area contributed by atoms with Crippen LogP contribution < -0.4 is 5.32 Å². The predicted octanol–water partition coefficient (Wildman–Crippen LogP) is 18.4. The highest BCUT2D eigenvalue weighted by molar-refractivity contribution is 5.76. The lowest BCUT2D eigenvalue weighted by atomic mass is 10.0. The van der Waals surface area contributed by atoms with Crippen molar-refractivity contribution >= 4 is 5.91 Å². The monoisotopic (exact) mass is 926 g/mol. The zero-order chi connectivity index (χ0) is 47.9. The van der Waals surface area contributed by atoms with Gasteiger partial charge in [0.05, 0.1) is 31.3 Å². The van der Waals surface area contributed by atoms with Crippen LogP contribution in [0.3, 0.4) is 0 Å². The lowest BCUT2D eigenvalue weighted by Gasteiger charge is -2.21. The third-order valence-corrected chi connectivity index (χ3v) is 13.6. The molecule has 5 heteroatoms. The molecule has 0 aliphatic heterocycles. The molecule has 0 radical (unpaired) electrons. The van der Waals surface area contributed by atoms with Crippen LogP contribution in [0.25, 0.3) is 0 Å². The zero-order valence-corrected chi connectivity index (χ0v) is 44.3. The number of rotatable bonds is 54. The molecule has 0 saturated heterocycles. The van der Waals surface area contributed by atoms with Crippen molar-refractivity contribution in [3.05, 3.63) is 48.6 Å². The zero-order valence-electron chi connectivity index (χ0n) is 44.3. The second kappa shape index (κ2) is 55.9. The smallest absolute Gasteiger partial charge is 0.222 e. The largest absolute Gasteiger partial charge is 0.394 e. The summed E-state index contributed by atoms with van der Waals surface area (Å²) in [6.07, 6.45) is 74.5. The molecular formula is C61H115NO4. The van der Waals surface area contributed by atoms with E-state index >= 15 is 0 Å². The van der Waals surface area contributed by atoms with Crippen molar-refractivity contribution in [2.24, 2.45) is 0 Å². The van der Waals surface area contributed by atoms with Crippen molar-refractivity contribution in [2.75, 3.05) is 6.61 Å². The molecule has 0 aliphatic rings. The molecule has 66 heavy (non-hydrogen) atoms. The van der Waals surface area contributed by atoms with Gasteiger partial charge in [0.25, 0.3) is 0 Å². The van der Waals surface area contributed by atoms with E-state index in [0.717, 1.165) is 38.5 Å². The summed E-state index contributed by atoms with van der Waals surface area (Å²) >= 11 is 0. The maximum Gasteiger partial charge on any atom is 0.222 e. The van der Waals surface area contributed by atoms with Crippen LogP contribution in [0.2, 0.25) is 0 Å². The van der Waals surface area contributed by atoms with Crippen LogP contribution in [-0.4, -0.2) is 46.1 Å². The number of unbranched alkanes of at least 4 members (excludes halogenated alkanes) is 39. The number of carbonyl (C=O) groups is 1. The summed E-state index contributed by atoms with van der Waals surface area (Å²) in [6, 6.07) is -0.770. The number of aliphatic hydroxyl groups is 3. The highest BCUT2D eigenvalue weighted by Gasteiger charge is 2.20. The van der Waals surface area contributed by atoms with Crippen LogP contribution >= 0.6 is 0 Å². The van der Waals surface area contributed by atoms with Crippen molar-refractivity contribution in [1.82, 2.24) is 5.32 Å². The van der Waals surface area contributed by atoms with Gasteiger partial charge in [-0.2, -0.15) is 0 Å². The van der Waals surface area contributed by atoms with Gasteiger partial charge in [0.15, 0.2) is 0 Å². The van der Waals surface area contributed by atoms with Gasteiger partial charge in [-0.25, -0.2) is 0 Å². The summed E-state index contributed by atoms with van der Waals surface area (Å²) in [5, 5.41) is 33.5. The molecule has 388 valence electrons. The topological polar surface area (TPSA) is 89.8 Å². The Labute approximate surface area is 412 Å². The maximum absolute atomic E-state index is 12.5. The van der Waals surface area contributed by atoms with Gasteiger partial charge in [-0.05, 0) is 70.6 Å². The Bertz CT molecular complexity index is 1070. The standard InChI is InChI=1S/C61H115NO4/c1-3-5-7-9-11-13-15-17-19-21-23-25-27-29-30-31-32-34-36-38-40-42-44-46-48-50-52-54-58(64)56-61(66)62-59(57-63)60(65)55-53-51-49-47-45-43-41-39-37-35-33-28-26-24-22-20-18-16-14-12-10-8-6-4-2/h29-30,37,39,45,47,53,55,58-60,63-65H,3-28,31-36,38,40-44,46,48-52,54,56-57H2,1-2H3,(H,62,66)/b30-29-,39-37+,47-45+,55-53+. The molecule has 4 N–H and O–H groups in total. The number of hydrogen-bond donors (Lipinski definition) is 4. The molecule has 0 saturated carbocycles. The molecule has 0 fully saturated rings. The first kappa shape index (κ1) is 64.3. The molecule has 0 aromatic carbocycles. The van der Waals surface area contributed by atoms with Crippen LogP contribution in [0.1, 0.15) is 309 Å². The van der Waals surface area contributed by atoms with Gasteiger partial charge in [-0.3, -0.25) is 4.79 Å². The van der Waals surface area contributed by atoms with Gasteiger partial charge >= 0.3 is 0 Å². The Balaban J connectivity index is 3.62. The van der Waals surface area contributed by atoms with E-state index in [1.54, 1.807) is 6.08 Å². The summed E-state index contributed by atoms with van der Waals surface area (Å²) in [5.41, 5.74) is 0. The van der Waals surface area contributed by atoms with E-state index in [4.69, 9.17) is 0 Å². The van der Waals surface area contributed by atoms with Crippen molar-refractivity contribution in [2.45, 2.75) is 327 Å². The van der Waals surface area contributed by atoms with E-state index in [-0.39, 0.29) is 18.9 Å². The third-order valence-electron chi connectivity index (χ3n) is 13.6. The number of aliphatic hydroxyl groups excluding tert-OH is 3. The number of nitrogens with one attached hydrogen (secondary N) is 1. The predicted molar refractivity (Wildman–Crippen MR) is 291 cm³/mol. The Kier molecular flexibility index (Phi) is 54.5. The second-order valence-electron chi connectivity index (χ2n) is 20.2. The fraction of sp³-hybridized carbons (Fsp3) is 0.852. The van der Waals surface area contributed by atoms with Crippen LogP contribution in [0, 0.1) is 0 Å². The number of hydrogen-bond acceptors (Lipinski definition) is 4. The van der Waals surface area contributed by atoms with Gasteiger partial charge in [0.1, 0.15) is 0 Å². The van der Waals surface area contributed by atoms with E-state index in [2.05, 4.69) is 55.6 Å². The number of carbonyl (C=O) groups excluding carboxylic acids is 1.